The van der Waals surface area contributed by atoms with E-state index in [0.29, 0.717) is 17.2 Å². The van der Waals surface area contributed by atoms with Crippen molar-refractivity contribution in [3.05, 3.63) is 70.9 Å². The molecule has 1 fully saturated rings. The van der Waals surface area contributed by atoms with E-state index in [1.807, 2.05) is 39.3 Å². The number of fused-ring (bicyclic) bond motifs is 2. The number of rotatable bonds is 8. The Morgan fingerprint density at radius 2 is 1.75 bits per heavy atom. The van der Waals surface area contributed by atoms with E-state index in [1.54, 1.807) is 0 Å². The Morgan fingerprint density at radius 3 is 2.42 bits per heavy atom. The van der Waals surface area contributed by atoms with Crippen LogP contribution in [0.15, 0.2) is 48.5 Å². The van der Waals surface area contributed by atoms with Crippen LogP contribution >= 0.6 is 0 Å². The molecule has 0 bridgehead atoms. The number of ether oxygens (including phenoxy) is 2. The molecular weight excluding hydrogens is 500 g/mol. The molecule has 1 N–H and O–H groups in total. The predicted molar refractivity (Wildman–Crippen MR) is 161 cm³/mol. The summed E-state index contributed by atoms with van der Waals surface area (Å²) in [5, 5.41) is 6.13. The molecule has 6 nitrogen and oxygen atoms in total. The molecule has 0 unspecified atom stereocenters. The summed E-state index contributed by atoms with van der Waals surface area (Å²) >= 11 is 0. The number of carbonyl (C=O) groups excluding carboxylic acids is 2. The second-order valence-corrected chi connectivity index (χ2v) is 11.8. The molecule has 210 valence electrons. The maximum absolute atomic E-state index is 13.4. The molecule has 1 aliphatic carbocycles. The Morgan fingerprint density at radius 1 is 1.00 bits per heavy atom. The molecule has 40 heavy (non-hydrogen) atoms. The second-order valence-electron chi connectivity index (χ2n) is 11.8. The molecule has 4 aromatic rings. The number of nitrogens with zero attached hydrogens (tertiary/aromatic N) is 1. The third-order valence-corrected chi connectivity index (χ3v) is 7.54. The molecule has 1 amide bonds. The zero-order valence-electron chi connectivity index (χ0n) is 24.5. The van der Waals surface area contributed by atoms with Crippen LogP contribution in [0.2, 0.25) is 0 Å². The van der Waals surface area contributed by atoms with E-state index < -0.39 is 11.7 Å². The molecule has 3 aromatic carbocycles. The molecule has 1 aliphatic rings. The van der Waals surface area contributed by atoms with Gasteiger partial charge in [0.2, 0.25) is 0 Å². The van der Waals surface area contributed by atoms with Crippen molar-refractivity contribution in [2.45, 2.75) is 78.4 Å². The minimum Gasteiger partial charge on any atom is -0.462 e. The minimum absolute atomic E-state index is 0.150. The van der Waals surface area contributed by atoms with Crippen LogP contribution in [-0.2, 0) is 29.5 Å². The lowest BCUT2D eigenvalue weighted by molar-refractivity contribution is 0.0502. The van der Waals surface area contributed by atoms with Gasteiger partial charge in [0.25, 0.3) is 0 Å². The first-order valence-electron chi connectivity index (χ1n) is 14.4. The first-order chi connectivity index (χ1) is 19.1. The fraction of sp³-hybridized carbons (Fsp3) is 0.412. The number of esters is 1. The number of hydrogen-bond acceptors (Lipinski definition) is 4. The largest absolute Gasteiger partial charge is 0.462 e. The third kappa shape index (κ3) is 5.58. The van der Waals surface area contributed by atoms with Gasteiger partial charge in [0.1, 0.15) is 5.60 Å². The van der Waals surface area contributed by atoms with Crippen LogP contribution in [0.5, 0.6) is 0 Å². The molecule has 0 spiro atoms. The number of benzene rings is 3. The van der Waals surface area contributed by atoms with Gasteiger partial charge in [-0.2, -0.15) is 0 Å². The summed E-state index contributed by atoms with van der Waals surface area (Å²) in [6.07, 6.45) is 3.89. The molecule has 1 aromatic heterocycles. The van der Waals surface area contributed by atoms with E-state index in [9.17, 15) is 9.59 Å². The summed E-state index contributed by atoms with van der Waals surface area (Å²) in [5.41, 5.74) is 6.55. The number of aryl methyl sites for hydroxylation is 2. The maximum atomic E-state index is 13.4. The number of aromatic nitrogens is 1. The minimum atomic E-state index is -0.615. The first kappa shape index (κ1) is 27.8. The summed E-state index contributed by atoms with van der Waals surface area (Å²) in [4.78, 5) is 25.9. The van der Waals surface area contributed by atoms with Crippen LogP contribution in [0.25, 0.3) is 32.8 Å². The van der Waals surface area contributed by atoms with E-state index in [2.05, 4.69) is 60.8 Å². The van der Waals surface area contributed by atoms with Gasteiger partial charge in [-0.25, -0.2) is 9.59 Å². The number of nitrogens with one attached hydrogen (secondary N) is 1. The summed E-state index contributed by atoms with van der Waals surface area (Å²) in [7, 11) is 1.95. The highest BCUT2D eigenvalue weighted by molar-refractivity contribution is 6.09. The zero-order valence-corrected chi connectivity index (χ0v) is 24.5. The van der Waals surface area contributed by atoms with E-state index in [0.717, 1.165) is 36.6 Å². The average molecular weight is 541 g/mol. The molecular formula is C34H40N2O4. The number of carbonyl (C=O) groups is 2. The van der Waals surface area contributed by atoms with Crippen molar-refractivity contribution in [3.63, 3.8) is 0 Å². The normalized spacial score (nSPS) is 13.6. The lowest BCUT2D eigenvalue weighted by Crippen LogP contribution is -2.33. The molecule has 1 heterocycles. The molecule has 0 aliphatic heterocycles. The predicted octanol–water partition coefficient (Wildman–Crippen LogP) is 8.03. The van der Waals surface area contributed by atoms with Crippen molar-refractivity contribution >= 4 is 33.7 Å². The number of hydrogen-bond donors (Lipinski definition) is 1. The Bertz CT molecular complexity index is 1590. The molecule has 0 atom stereocenters. The van der Waals surface area contributed by atoms with Gasteiger partial charge in [0.05, 0.1) is 24.4 Å². The highest BCUT2D eigenvalue weighted by Gasteiger charge is 2.31. The quantitative estimate of drug-likeness (QED) is 0.230. The van der Waals surface area contributed by atoms with E-state index in [1.165, 1.54) is 33.0 Å². The highest BCUT2D eigenvalue weighted by atomic mass is 16.6. The highest BCUT2D eigenvalue weighted by Crippen LogP contribution is 2.48. The summed E-state index contributed by atoms with van der Waals surface area (Å²) in [6, 6.07) is 17.6. The van der Waals surface area contributed by atoms with Gasteiger partial charge in [-0.3, -0.25) is 0 Å². The van der Waals surface area contributed by atoms with Gasteiger partial charge < -0.3 is 19.4 Å². The topological polar surface area (TPSA) is 69.6 Å². The second kappa shape index (κ2) is 11.0. The standard InChI is InChI=1S/C34H40N2O4/c1-7-11-21-16-23-12-9-10-13-24(23)26(17-21)27-18-28-29(19-25(27)22-14-15-22)36(6)30(31(28)32(37)39-8-2)20-35-33(38)40-34(3,4)5/h9-10,12-13,16-19,22H,7-8,11,14-15,20H2,1-6H3,(H,35,38). The van der Waals surface area contributed by atoms with Gasteiger partial charge in [-0.15, -0.1) is 0 Å². The van der Waals surface area contributed by atoms with Crippen molar-refractivity contribution in [2.24, 2.45) is 7.05 Å². The fourth-order valence-electron chi connectivity index (χ4n) is 5.65. The summed E-state index contributed by atoms with van der Waals surface area (Å²) in [5.74, 6) is 0.112. The molecule has 1 saturated carbocycles. The van der Waals surface area contributed by atoms with Gasteiger partial charge in [-0.05, 0) is 98.0 Å². The van der Waals surface area contributed by atoms with Crippen LogP contribution in [0.4, 0.5) is 4.79 Å². The monoisotopic (exact) mass is 540 g/mol. The van der Waals surface area contributed by atoms with E-state index in [4.69, 9.17) is 9.47 Å². The van der Waals surface area contributed by atoms with Gasteiger partial charge in [-0.1, -0.05) is 49.7 Å². The lowest BCUT2D eigenvalue weighted by Gasteiger charge is -2.20. The van der Waals surface area contributed by atoms with Gasteiger partial charge in [0, 0.05) is 18.0 Å². The molecule has 0 saturated heterocycles. The Labute approximate surface area is 236 Å². The van der Waals surface area contributed by atoms with Gasteiger partial charge >= 0.3 is 12.1 Å². The van der Waals surface area contributed by atoms with E-state index in [-0.39, 0.29) is 19.1 Å². The number of alkyl carbamates (subject to hydrolysis) is 1. The van der Waals surface area contributed by atoms with Crippen molar-refractivity contribution in [1.29, 1.82) is 0 Å². The Kier molecular flexibility index (Phi) is 7.63. The zero-order chi connectivity index (χ0) is 28.6. The van der Waals surface area contributed by atoms with Crippen LogP contribution in [0.3, 0.4) is 0 Å². The number of amides is 1. The molecule has 0 radical (unpaired) electrons. The summed E-state index contributed by atoms with van der Waals surface area (Å²) in [6.45, 7) is 9.92. The van der Waals surface area contributed by atoms with Crippen LogP contribution in [-0.4, -0.2) is 28.8 Å². The molecule has 5 rings (SSSR count). The Balaban J connectivity index is 1.71. The van der Waals surface area contributed by atoms with Crippen molar-refractivity contribution in [1.82, 2.24) is 9.88 Å². The van der Waals surface area contributed by atoms with E-state index >= 15 is 0 Å². The maximum Gasteiger partial charge on any atom is 0.407 e. The van der Waals surface area contributed by atoms with Crippen molar-refractivity contribution in [2.75, 3.05) is 6.61 Å². The smallest absolute Gasteiger partial charge is 0.407 e. The van der Waals surface area contributed by atoms with Gasteiger partial charge in [0.15, 0.2) is 0 Å². The van der Waals surface area contributed by atoms with Crippen LogP contribution in [0.1, 0.15) is 87.0 Å². The first-order valence-corrected chi connectivity index (χ1v) is 14.4. The van der Waals surface area contributed by atoms with Crippen LogP contribution < -0.4 is 5.32 Å². The van der Waals surface area contributed by atoms with Crippen LogP contribution in [0, 0.1) is 0 Å². The Hall–Kier alpha value is -3.80. The lowest BCUT2D eigenvalue weighted by atomic mass is 9.89. The fourth-order valence-corrected chi connectivity index (χ4v) is 5.65. The van der Waals surface area contributed by atoms with Crippen molar-refractivity contribution in [3.8, 4) is 11.1 Å². The molecule has 6 heteroatoms. The third-order valence-electron chi connectivity index (χ3n) is 7.54. The summed E-state index contributed by atoms with van der Waals surface area (Å²) < 4.78 is 13.0. The average Bonchev–Trinajstić information content (AvgIpc) is 3.70. The SMILES string of the molecule is CCCc1cc(-c2cc3c(C(=O)OCC)c(CNC(=O)OC(C)(C)C)n(C)c3cc2C2CC2)c2ccccc2c1. The van der Waals surface area contributed by atoms with Crippen molar-refractivity contribution < 1.29 is 19.1 Å².